The van der Waals surface area contributed by atoms with Crippen molar-refractivity contribution in [3.05, 3.63) is 36.6 Å². The van der Waals surface area contributed by atoms with Gasteiger partial charge in [0.25, 0.3) is 0 Å². The zero-order valence-corrected chi connectivity index (χ0v) is 7.52. The highest BCUT2D eigenvalue weighted by Gasteiger charge is 1.91. The van der Waals surface area contributed by atoms with E-state index < -0.39 is 0 Å². The van der Waals surface area contributed by atoms with E-state index in [4.69, 9.17) is 0 Å². The molecular formula is C10H15N. The summed E-state index contributed by atoms with van der Waals surface area (Å²) in [6.07, 6.45) is 3.69. The van der Waals surface area contributed by atoms with E-state index in [-0.39, 0.29) is 0 Å². The van der Waals surface area contributed by atoms with Crippen molar-refractivity contribution >= 4 is 5.71 Å². The maximum atomic E-state index is 4.20. The van der Waals surface area contributed by atoms with Crippen molar-refractivity contribution in [1.29, 1.82) is 0 Å². The number of hydrogen-bond acceptors (Lipinski definition) is 1. The summed E-state index contributed by atoms with van der Waals surface area (Å²) in [6, 6.07) is 0. The van der Waals surface area contributed by atoms with Gasteiger partial charge in [-0.05, 0) is 26.3 Å². The Hall–Kier alpha value is -1.11. The SMILES string of the molecule is C=C/C=C(/C)C(C)=NC(=C)C. The second kappa shape index (κ2) is 4.67. The lowest BCUT2D eigenvalue weighted by atomic mass is 10.2. The Bertz CT molecular complexity index is 219. The molecule has 0 saturated carbocycles. The van der Waals surface area contributed by atoms with Crippen LogP contribution in [0.4, 0.5) is 0 Å². The van der Waals surface area contributed by atoms with Gasteiger partial charge >= 0.3 is 0 Å². The number of rotatable bonds is 3. The summed E-state index contributed by atoms with van der Waals surface area (Å²) in [7, 11) is 0. The fourth-order valence-corrected chi connectivity index (χ4v) is 0.672. The molecule has 0 atom stereocenters. The summed E-state index contributed by atoms with van der Waals surface area (Å²) in [6.45, 7) is 13.2. The third-order valence-corrected chi connectivity index (χ3v) is 1.30. The molecule has 0 rings (SSSR count). The molecule has 0 aliphatic heterocycles. The topological polar surface area (TPSA) is 12.4 Å². The van der Waals surface area contributed by atoms with E-state index in [2.05, 4.69) is 18.2 Å². The molecule has 0 radical (unpaired) electrons. The average Bonchev–Trinajstić information content (AvgIpc) is 1.86. The summed E-state index contributed by atoms with van der Waals surface area (Å²) in [5.74, 6) is 0. The molecule has 0 aromatic heterocycles. The largest absolute Gasteiger partial charge is 0.259 e. The number of hydrogen-bond donors (Lipinski definition) is 0. The van der Waals surface area contributed by atoms with Crippen molar-refractivity contribution in [2.75, 3.05) is 0 Å². The third-order valence-electron chi connectivity index (χ3n) is 1.30. The fraction of sp³-hybridized carbons (Fsp3) is 0.300. The van der Waals surface area contributed by atoms with Gasteiger partial charge in [-0.15, -0.1) is 0 Å². The summed E-state index contributed by atoms with van der Waals surface area (Å²) >= 11 is 0. The van der Waals surface area contributed by atoms with E-state index in [1.807, 2.05) is 26.8 Å². The Kier molecular flexibility index (Phi) is 4.20. The van der Waals surface area contributed by atoms with Crippen molar-refractivity contribution in [1.82, 2.24) is 0 Å². The molecule has 0 aliphatic rings. The molecule has 0 aromatic rings. The molecular weight excluding hydrogens is 134 g/mol. The van der Waals surface area contributed by atoms with Crippen LogP contribution in [0.25, 0.3) is 0 Å². The second-order valence-electron chi connectivity index (χ2n) is 2.52. The van der Waals surface area contributed by atoms with Crippen LogP contribution in [-0.4, -0.2) is 5.71 Å². The molecule has 0 amide bonds. The lowest BCUT2D eigenvalue weighted by Gasteiger charge is -1.98. The van der Waals surface area contributed by atoms with Gasteiger partial charge in [0.05, 0.1) is 0 Å². The lowest BCUT2D eigenvalue weighted by molar-refractivity contribution is 1.30. The Labute approximate surface area is 68.9 Å². The van der Waals surface area contributed by atoms with Crippen LogP contribution >= 0.6 is 0 Å². The van der Waals surface area contributed by atoms with Crippen molar-refractivity contribution in [2.24, 2.45) is 4.99 Å². The monoisotopic (exact) mass is 149 g/mol. The van der Waals surface area contributed by atoms with Crippen LogP contribution in [-0.2, 0) is 0 Å². The second-order valence-corrected chi connectivity index (χ2v) is 2.52. The van der Waals surface area contributed by atoms with E-state index in [1.165, 1.54) is 0 Å². The van der Waals surface area contributed by atoms with Crippen LogP contribution in [0.3, 0.4) is 0 Å². The van der Waals surface area contributed by atoms with E-state index in [0.717, 1.165) is 17.0 Å². The van der Waals surface area contributed by atoms with Crippen molar-refractivity contribution < 1.29 is 0 Å². The van der Waals surface area contributed by atoms with Gasteiger partial charge in [-0.3, -0.25) is 4.99 Å². The predicted molar refractivity (Wildman–Crippen MR) is 51.9 cm³/mol. The lowest BCUT2D eigenvalue weighted by Crippen LogP contribution is -1.92. The molecule has 60 valence electrons. The van der Waals surface area contributed by atoms with E-state index in [9.17, 15) is 0 Å². The predicted octanol–water partition coefficient (Wildman–Crippen LogP) is 3.11. The molecule has 11 heavy (non-hydrogen) atoms. The zero-order valence-electron chi connectivity index (χ0n) is 7.52. The molecule has 0 aliphatic carbocycles. The van der Waals surface area contributed by atoms with Crippen LogP contribution in [0.1, 0.15) is 20.8 Å². The molecule has 0 fully saturated rings. The van der Waals surface area contributed by atoms with Crippen molar-refractivity contribution in [3.63, 3.8) is 0 Å². The molecule has 0 saturated heterocycles. The summed E-state index contributed by atoms with van der Waals surface area (Å²) in [4.78, 5) is 4.20. The standard InChI is InChI=1S/C10H15N/c1-6-7-9(4)10(5)11-8(2)3/h6-7H,1-2H2,3-5H3/b9-7-,11-10?. The molecule has 1 heteroatoms. The highest BCUT2D eigenvalue weighted by atomic mass is 14.7. The van der Waals surface area contributed by atoms with Gasteiger partial charge in [-0.25, -0.2) is 0 Å². The highest BCUT2D eigenvalue weighted by molar-refractivity contribution is 5.98. The normalized spacial score (nSPS) is 13.0. The molecule has 0 spiro atoms. The molecule has 0 heterocycles. The van der Waals surface area contributed by atoms with Gasteiger partial charge < -0.3 is 0 Å². The first-order valence-electron chi connectivity index (χ1n) is 3.58. The first-order valence-corrected chi connectivity index (χ1v) is 3.58. The Morgan fingerprint density at radius 3 is 2.18 bits per heavy atom. The fourth-order valence-electron chi connectivity index (χ4n) is 0.672. The number of allylic oxidation sites excluding steroid dienone is 4. The minimum atomic E-state index is 0.833. The van der Waals surface area contributed by atoms with Crippen LogP contribution < -0.4 is 0 Å². The van der Waals surface area contributed by atoms with Crippen LogP contribution in [0.5, 0.6) is 0 Å². The Morgan fingerprint density at radius 2 is 1.82 bits per heavy atom. The maximum absolute atomic E-state index is 4.20. The van der Waals surface area contributed by atoms with E-state index in [1.54, 1.807) is 6.08 Å². The molecule has 0 unspecified atom stereocenters. The first-order chi connectivity index (χ1) is 5.07. The van der Waals surface area contributed by atoms with Gasteiger partial charge in [0.2, 0.25) is 0 Å². The third kappa shape index (κ3) is 4.31. The molecule has 0 bridgehead atoms. The number of nitrogens with zero attached hydrogens (tertiary/aromatic N) is 1. The summed E-state index contributed by atoms with van der Waals surface area (Å²) < 4.78 is 0. The summed E-state index contributed by atoms with van der Waals surface area (Å²) in [5, 5.41) is 0. The van der Waals surface area contributed by atoms with Gasteiger partial charge in [-0.2, -0.15) is 0 Å². The number of aliphatic imine (C=N–C) groups is 1. The van der Waals surface area contributed by atoms with Crippen molar-refractivity contribution in [3.8, 4) is 0 Å². The van der Waals surface area contributed by atoms with Crippen LogP contribution in [0.2, 0.25) is 0 Å². The van der Waals surface area contributed by atoms with E-state index >= 15 is 0 Å². The molecule has 0 aromatic carbocycles. The smallest absolute Gasteiger partial charge is 0.0404 e. The van der Waals surface area contributed by atoms with Gasteiger partial charge in [-0.1, -0.05) is 25.3 Å². The van der Waals surface area contributed by atoms with Gasteiger partial charge in [0.15, 0.2) is 0 Å². The maximum Gasteiger partial charge on any atom is 0.0404 e. The quantitative estimate of drug-likeness (QED) is 0.432. The Balaban J connectivity index is 4.47. The minimum Gasteiger partial charge on any atom is -0.259 e. The van der Waals surface area contributed by atoms with Crippen molar-refractivity contribution in [2.45, 2.75) is 20.8 Å². The van der Waals surface area contributed by atoms with E-state index in [0.29, 0.717) is 0 Å². The Morgan fingerprint density at radius 1 is 1.27 bits per heavy atom. The zero-order chi connectivity index (χ0) is 8.85. The average molecular weight is 149 g/mol. The van der Waals surface area contributed by atoms with Gasteiger partial charge in [0, 0.05) is 11.4 Å². The molecule has 0 N–H and O–H groups in total. The molecule has 1 nitrogen and oxygen atoms in total. The van der Waals surface area contributed by atoms with Crippen LogP contribution in [0.15, 0.2) is 41.6 Å². The van der Waals surface area contributed by atoms with Gasteiger partial charge in [0.1, 0.15) is 0 Å². The highest BCUT2D eigenvalue weighted by Crippen LogP contribution is 2.00. The first kappa shape index (κ1) is 9.89. The van der Waals surface area contributed by atoms with Crippen LogP contribution in [0, 0.1) is 0 Å². The summed E-state index contributed by atoms with van der Waals surface area (Å²) in [5.41, 5.74) is 2.96. The minimum absolute atomic E-state index is 0.833.